The van der Waals surface area contributed by atoms with Gasteiger partial charge in [0.1, 0.15) is 0 Å². The van der Waals surface area contributed by atoms with E-state index >= 15 is 0 Å². The molecule has 4 rings (SSSR count). The summed E-state index contributed by atoms with van der Waals surface area (Å²) in [6, 6.07) is 14.9. The van der Waals surface area contributed by atoms with E-state index in [1.165, 1.54) is 6.07 Å². The van der Waals surface area contributed by atoms with Gasteiger partial charge in [0.2, 0.25) is 5.91 Å². The molecule has 2 aliphatic rings. The first kappa shape index (κ1) is 20.4. The van der Waals surface area contributed by atoms with Gasteiger partial charge in [-0.2, -0.15) is 0 Å². The summed E-state index contributed by atoms with van der Waals surface area (Å²) >= 11 is 1.60. The SMILES string of the molecule is CSNC1CCCN(C(=O)C2CC2c2ccc(C(F)F)cc2-c2ccccc2)C1. The number of alkyl halides is 2. The number of nitrogens with one attached hydrogen (secondary N) is 1. The maximum Gasteiger partial charge on any atom is 0.263 e. The molecule has 1 aliphatic heterocycles. The zero-order valence-electron chi connectivity index (χ0n) is 16.5. The maximum atomic E-state index is 13.3. The molecule has 3 atom stereocenters. The van der Waals surface area contributed by atoms with Crippen LogP contribution in [0, 0.1) is 5.92 Å². The second-order valence-corrected chi connectivity index (χ2v) is 8.55. The molecule has 1 saturated carbocycles. The predicted molar refractivity (Wildman–Crippen MR) is 114 cm³/mol. The zero-order chi connectivity index (χ0) is 20.4. The van der Waals surface area contributed by atoms with E-state index in [9.17, 15) is 13.6 Å². The molecule has 2 aromatic rings. The number of benzene rings is 2. The number of carbonyl (C=O) groups is 1. The van der Waals surface area contributed by atoms with E-state index in [0.29, 0.717) is 6.04 Å². The number of piperidine rings is 1. The highest BCUT2D eigenvalue weighted by atomic mass is 32.2. The van der Waals surface area contributed by atoms with Crippen LogP contribution >= 0.6 is 11.9 Å². The third kappa shape index (κ3) is 4.48. The second kappa shape index (κ2) is 8.84. The molecular weight excluding hydrogens is 390 g/mol. The molecule has 1 N–H and O–H groups in total. The molecule has 0 radical (unpaired) electrons. The monoisotopic (exact) mass is 416 g/mol. The molecule has 0 aromatic heterocycles. The lowest BCUT2D eigenvalue weighted by molar-refractivity contribution is -0.133. The number of amides is 1. The molecular formula is C23H26F2N2OS. The number of rotatable bonds is 6. The van der Waals surface area contributed by atoms with Gasteiger partial charge in [-0.3, -0.25) is 9.52 Å². The second-order valence-electron chi connectivity index (χ2n) is 7.91. The van der Waals surface area contributed by atoms with Gasteiger partial charge < -0.3 is 4.90 Å². The fourth-order valence-electron chi connectivity index (χ4n) is 4.39. The molecule has 6 heteroatoms. The van der Waals surface area contributed by atoms with Crippen molar-refractivity contribution in [1.82, 2.24) is 9.62 Å². The summed E-state index contributed by atoms with van der Waals surface area (Å²) in [6.45, 7) is 1.56. The Bertz CT molecular complexity index is 859. The first-order valence-corrected chi connectivity index (χ1v) is 11.4. The summed E-state index contributed by atoms with van der Waals surface area (Å²) in [4.78, 5) is 15.1. The minimum atomic E-state index is -2.50. The topological polar surface area (TPSA) is 32.3 Å². The van der Waals surface area contributed by atoms with E-state index in [-0.39, 0.29) is 23.3 Å². The number of halogens is 2. The van der Waals surface area contributed by atoms with Crippen LogP contribution in [-0.4, -0.2) is 36.2 Å². The van der Waals surface area contributed by atoms with Gasteiger partial charge in [0, 0.05) is 30.6 Å². The van der Waals surface area contributed by atoms with Gasteiger partial charge in [-0.05, 0) is 54.2 Å². The Morgan fingerprint density at radius 1 is 1.21 bits per heavy atom. The summed E-state index contributed by atoms with van der Waals surface area (Å²) in [5, 5.41) is 0. The van der Waals surface area contributed by atoms with Gasteiger partial charge in [0.05, 0.1) is 0 Å². The van der Waals surface area contributed by atoms with Crippen molar-refractivity contribution >= 4 is 17.9 Å². The third-order valence-corrected chi connectivity index (χ3v) is 6.51. The Labute approximate surface area is 175 Å². The van der Waals surface area contributed by atoms with E-state index in [0.717, 1.165) is 49.0 Å². The average molecular weight is 417 g/mol. The van der Waals surface area contributed by atoms with Crippen LogP contribution in [0.25, 0.3) is 11.1 Å². The summed E-state index contributed by atoms with van der Waals surface area (Å²) in [7, 11) is 0. The van der Waals surface area contributed by atoms with Crippen LogP contribution in [0.5, 0.6) is 0 Å². The van der Waals surface area contributed by atoms with Crippen LogP contribution in [0.4, 0.5) is 8.78 Å². The fourth-order valence-corrected chi connectivity index (χ4v) is 4.91. The minimum Gasteiger partial charge on any atom is -0.341 e. The molecule has 0 spiro atoms. The third-order valence-electron chi connectivity index (χ3n) is 5.94. The lowest BCUT2D eigenvalue weighted by Crippen LogP contribution is -2.46. The van der Waals surface area contributed by atoms with E-state index in [4.69, 9.17) is 0 Å². The van der Waals surface area contributed by atoms with E-state index in [2.05, 4.69) is 4.72 Å². The summed E-state index contributed by atoms with van der Waals surface area (Å²) in [6.07, 6.45) is 2.40. The van der Waals surface area contributed by atoms with Crippen molar-refractivity contribution in [3.8, 4) is 11.1 Å². The van der Waals surface area contributed by atoms with Crippen LogP contribution in [0.3, 0.4) is 0 Å². The van der Waals surface area contributed by atoms with Crippen LogP contribution in [0.15, 0.2) is 48.5 Å². The van der Waals surface area contributed by atoms with E-state index in [1.807, 2.05) is 41.5 Å². The fraction of sp³-hybridized carbons (Fsp3) is 0.435. The van der Waals surface area contributed by atoms with Crippen LogP contribution in [0.2, 0.25) is 0 Å². The van der Waals surface area contributed by atoms with Crippen molar-refractivity contribution in [3.63, 3.8) is 0 Å². The molecule has 1 saturated heterocycles. The van der Waals surface area contributed by atoms with Gasteiger partial charge in [-0.15, -0.1) is 0 Å². The Morgan fingerprint density at radius 2 is 2.00 bits per heavy atom. The molecule has 3 unspecified atom stereocenters. The summed E-state index contributed by atoms with van der Waals surface area (Å²) < 4.78 is 30.0. The molecule has 2 fully saturated rings. The number of nitrogens with zero attached hydrogens (tertiary/aromatic N) is 1. The number of hydrogen-bond acceptors (Lipinski definition) is 3. The molecule has 154 valence electrons. The lowest BCUT2D eigenvalue weighted by Gasteiger charge is -2.33. The standard InChI is InChI=1S/C23H26F2N2OS/c1-29-26-17-8-5-11-27(14-17)23(28)21-13-20(21)18-10-9-16(22(24)25)12-19(18)15-6-3-2-4-7-15/h2-4,6-7,9-10,12,17,20-22,26H,5,8,11,13-14H2,1H3. The maximum absolute atomic E-state index is 13.3. The van der Waals surface area contributed by atoms with Gasteiger partial charge in [-0.25, -0.2) is 8.78 Å². The first-order chi connectivity index (χ1) is 14.1. The van der Waals surface area contributed by atoms with E-state index < -0.39 is 6.43 Å². The number of likely N-dealkylation sites (tertiary alicyclic amines) is 1. The molecule has 3 nitrogen and oxygen atoms in total. The van der Waals surface area contributed by atoms with Gasteiger partial charge in [0.15, 0.2) is 0 Å². The van der Waals surface area contributed by atoms with Crippen LogP contribution in [-0.2, 0) is 4.79 Å². The summed E-state index contributed by atoms with van der Waals surface area (Å²) in [5.74, 6) is 0.278. The largest absolute Gasteiger partial charge is 0.341 e. The molecule has 1 heterocycles. The predicted octanol–water partition coefficient (Wildman–Crippen LogP) is 5.25. The molecule has 0 bridgehead atoms. The zero-order valence-corrected chi connectivity index (χ0v) is 17.3. The summed E-state index contributed by atoms with van der Waals surface area (Å²) in [5.41, 5.74) is 2.78. The van der Waals surface area contributed by atoms with Crippen molar-refractivity contribution in [3.05, 3.63) is 59.7 Å². The molecule has 1 amide bonds. The molecule has 2 aromatic carbocycles. The van der Waals surface area contributed by atoms with E-state index in [1.54, 1.807) is 24.1 Å². The Morgan fingerprint density at radius 3 is 2.72 bits per heavy atom. The Balaban J connectivity index is 1.54. The Kier molecular flexibility index (Phi) is 6.20. The highest BCUT2D eigenvalue weighted by Gasteiger charge is 2.47. The Hall–Kier alpha value is -1.92. The highest BCUT2D eigenvalue weighted by molar-refractivity contribution is 7.96. The van der Waals surface area contributed by atoms with Gasteiger partial charge in [0.25, 0.3) is 6.43 Å². The van der Waals surface area contributed by atoms with Crippen molar-refractivity contribution in [2.24, 2.45) is 5.92 Å². The number of hydrogen-bond donors (Lipinski definition) is 1. The van der Waals surface area contributed by atoms with Gasteiger partial charge >= 0.3 is 0 Å². The van der Waals surface area contributed by atoms with Crippen LogP contribution < -0.4 is 4.72 Å². The molecule has 1 aliphatic carbocycles. The minimum absolute atomic E-state index is 0.0261. The first-order valence-electron chi connectivity index (χ1n) is 10.1. The highest BCUT2D eigenvalue weighted by Crippen LogP contribution is 2.51. The van der Waals surface area contributed by atoms with Crippen molar-refractivity contribution < 1.29 is 13.6 Å². The van der Waals surface area contributed by atoms with Crippen molar-refractivity contribution in [1.29, 1.82) is 0 Å². The number of carbonyl (C=O) groups excluding carboxylic acids is 1. The lowest BCUT2D eigenvalue weighted by atomic mass is 9.93. The van der Waals surface area contributed by atoms with Gasteiger partial charge in [-0.1, -0.05) is 54.4 Å². The van der Waals surface area contributed by atoms with Crippen molar-refractivity contribution in [2.45, 2.75) is 37.6 Å². The van der Waals surface area contributed by atoms with Crippen molar-refractivity contribution in [2.75, 3.05) is 19.3 Å². The van der Waals surface area contributed by atoms with Crippen LogP contribution in [0.1, 0.15) is 42.7 Å². The quantitative estimate of drug-likeness (QED) is 0.653. The average Bonchev–Trinajstić information content (AvgIpc) is 3.54. The molecule has 29 heavy (non-hydrogen) atoms. The normalized spacial score (nSPS) is 24.0. The smallest absolute Gasteiger partial charge is 0.263 e.